The number of alkyl halides is 3. The predicted octanol–water partition coefficient (Wildman–Crippen LogP) is 3.54. The minimum atomic E-state index is -4.68. The Kier molecular flexibility index (Phi) is 6.35. The van der Waals surface area contributed by atoms with Crippen molar-refractivity contribution in [2.75, 3.05) is 7.11 Å². The highest BCUT2D eigenvalue weighted by Gasteiger charge is 2.38. The van der Waals surface area contributed by atoms with E-state index in [0.717, 1.165) is 6.07 Å². The van der Waals surface area contributed by atoms with Crippen LogP contribution in [0, 0.1) is 0 Å². The third kappa shape index (κ3) is 4.93. The second kappa shape index (κ2) is 8.78. The number of hydrogen-bond donors (Lipinski definition) is 2. The van der Waals surface area contributed by atoms with Crippen LogP contribution in [0.25, 0.3) is 0 Å². The maximum atomic E-state index is 13.6. The van der Waals surface area contributed by atoms with Gasteiger partial charge in [-0.3, -0.25) is 19.7 Å². The Balaban J connectivity index is 1.89. The molecule has 1 unspecified atom stereocenters. The topological polar surface area (TPSA) is 84.5 Å². The summed E-state index contributed by atoms with van der Waals surface area (Å²) >= 11 is 0.651. The van der Waals surface area contributed by atoms with Crippen molar-refractivity contribution in [2.24, 2.45) is 0 Å². The van der Waals surface area contributed by atoms with Crippen LogP contribution in [0.5, 0.6) is 5.75 Å². The lowest BCUT2D eigenvalue weighted by Gasteiger charge is -2.19. The summed E-state index contributed by atoms with van der Waals surface area (Å²) in [4.78, 5) is 35.4. The molecule has 2 aromatic rings. The summed E-state index contributed by atoms with van der Waals surface area (Å²) in [5.41, 5.74) is -0.388. The van der Waals surface area contributed by atoms with Gasteiger partial charge in [0.25, 0.3) is 11.1 Å². The van der Waals surface area contributed by atoms with Crippen molar-refractivity contribution in [2.45, 2.75) is 24.4 Å². The standard InChI is InChI=1S/C20H17F3N2O4S/c1-29-15-9-14(20(21,22)23)12(8-16-18(27)25-19(28)30-16)7-13(15)10-24-17(26)11-5-3-2-4-6-11/h2-7,9,16H,8,10H2,1H3,(H,24,26)(H,25,27,28). The van der Waals surface area contributed by atoms with Crippen molar-refractivity contribution in [1.82, 2.24) is 10.6 Å². The van der Waals surface area contributed by atoms with Gasteiger partial charge in [0.05, 0.1) is 17.9 Å². The number of methoxy groups -OCH3 is 1. The number of hydrogen-bond acceptors (Lipinski definition) is 5. The zero-order chi connectivity index (χ0) is 21.9. The number of nitrogens with one attached hydrogen (secondary N) is 2. The molecule has 0 bridgehead atoms. The molecule has 0 aromatic heterocycles. The first-order valence-corrected chi connectivity index (χ1v) is 9.68. The molecule has 158 valence electrons. The molecule has 1 saturated heterocycles. The Labute approximate surface area is 174 Å². The summed E-state index contributed by atoms with van der Waals surface area (Å²) in [5.74, 6) is -1.07. The Hall–Kier alpha value is -3.01. The molecule has 0 saturated carbocycles. The van der Waals surface area contributed by atoms with Crippen LogP contribution < -0.4 is 15.4 Å². The number of imide groups is 1. The highest BCUT2D eigenvalue weighted by Crippen LogP contribution is 2.38. The van der Waals surface area contributed by atoms with Crippen LogP contribution in [0.4, 0.5) is 18.0 Å². The number of rotatable bonds is 6. The third-order valence-electron chi connectivity index (χ3n) is 4.46. The molecular weight excluding hydrogens is 421 g/mol. The molecule has 1 fully saturated rings. The molecule has 2 N–H and O–H groups in total. The Morgan fingerprint density at radius 3 is 2.43 bits per heavy atom. The molecule has 2 aromatic carbocycles. The smallest absolute Gasteiger partial charge is 0.416 e. The van der Waals surface area contributed by atoms with E-state index in [1.807, 2.05) is 0 Å². The minimum absolute atomic E-state index is 0.0426. The van der Waals surface area contributed by atoms with Gasteiger partial charge in [-0.05, 0) is 36.2 Å². The third-order valence-corrected chi connectivity index (χ3v) is 5.44. The van der Waals surface area contributed by atoms with Crippen LogP contribution >= 0.6 is 11.8 Å². The lowest BCUT2D eigenvalue weighted by atomic mass is 9.97. The summed E-state index contributed by atoms with van der Waals surface area (Å²) in [7, 11) is 1.23. The molecule has 1 aliphatic heterocycles. The summed E-state index contributed by atoms with van der Waals surface area (Å²) in [6.07, 6.45) is -4.97. The van der Waals surface area contributed by atoms with E-state index in [0.29, 0.717) is 22.9 Å². The second-order valence-electron chi connectivity index (χ2n) is 6.45. The van der Waals surface area contributed by atoms with Crippen molar-refractivity contribution in [3.63, 3.8) is 0 Å². The molecular formula is C20H17F3N2O4S. The zero-order valence-electron chi connectivity index (χ0n) is 15.7. The maximum Gasteiger partial charge on any atom is 0.416 e. The first kappa shape index (κ1) is 21.7. The molecule has 3 rings (SSSR count). The lowest BCUT2D eigenvalue weighted by Crippen LogP contribution is -2.27. The first-order chi connectivity index (χ1) is 14.2. The highest BCUT2D eigenvalue weighted by atomic mass is 32.2. The molecule has 1 heterocycles. The normalized spacial score (nSPS) is 16.3. The number of halogens is 3. The highest BCUT2D eigenvalue weighted by molar-refractivity contribution is 8.15. The van der Waals surface area contributed by atoms with Crippen molar-refractivity contribution < 1.29 is 32.3 Å². The van der Waals surface area contributed by atoms with Gasteiger partial charge in [0, 0.05) is 17.7 Å². The Morgan fingerprint density at radius 1 is 1.17 bits per heavy atom. The van der Waals surface area contributed by atoms with Crippen molar-refractivity contribution in [3.05, 3.63) is 64.7 Å². The van der Waals surface area contributed by atoms with Crippen LogP contribution in [0.1, 0.15) is 27.0 Å². The Bertz CT molecular complexity index is 980. The summed E-state index contributed by atoms with van der Waals surface area (Å²) < 4.78 is 45.8. The summed E-state index contributed by atoms with van der Waals surface area (Å²) in [6.45, 7) is -0.0784. The van der Waals surface area contributed by atoms with E-state index in [-0.39, 0.29) is 24.3 Å². The van der Waals surface area contributed by atoms with Gasteiger partial charge in [0.15, 0.2) is 0 Å². The van der Waals surface area contributed by atoms with Gasteiger partial charge in [0.1, 0.15) is 5.75 Å². The van der Waals surface area contributed by atoms with E-state index in [2.05, 4.69) is 10.6 Å². The number of thioether (sulfide) groups is 1. The number of carbonyl (C=O) groups excluding carboxylic acids is 3. The molecule has 0 radical (unpaired) electrons. The molecule has 10 heteroatoms. The van der Waals surface area contributed by atoms with E-state index in [1.54, 1.807) is 30.3 Å². The molecule has 1 atom stereocenters. The molecule has 1 aliphatic rings. The Morgan fingerprint density at radius 2 is 1.87 bits per heavy atom. The van der Waals surface area contributed by atoms with Gasteiger partial charge < -0.3 is 10.1 Å². The predicted molar refractivity (Wildman–Crippen MR) is 104 cm³/mol. The van der Waals surface area contributed by atoms with Crippen LogP contribution in [0.3, 0.4) is 0 Å². The van der Waals surface area contributed by atoms with E-state index < -0.39 is 34.0 Å². The fourth-order valence-electron chi connectivity index (χ4n) is 3.03. The SMILES string of the molecule is COc1cc(C(F)(F)F)c(CC2SC(=O)NC2=O)cc1CNC(=O)c1ccccc1. The van der Waals surface area contributed by atoms with Gasteiger partial charge in [-0.25, -0.2) is 0 Å². The maximum absolute atomic E-state index is 13.6. The van der Waals surface area contributed by atoms with E-state index >= 15 is 0 Å². The van der Waals surface area contributed by atoms with Crippen LogP contribution in [-0.2, 0) is 23.9 Å². The zero-order valence-corrected chi connectivity index (χ0v) is 16.5. The number of carbonyl (C=O) groups is 3. The fraction of sp³-hybridized carbons (Fsp3) is 0.250. The average molecular weight is 438 g/mol. The van der Waals surface area contributed by atoms with E-state index in [1.165, 1.54) is 13.2 Å². The number of amides is 3. The van der Waals surface area contributed by atoms with Crippen LogP contribution in [0.2, 0.25) is 0 Å². The van der Waals surface area contributed by atoms with E-state index in [4.69, 9.17) is 4.74 Å². The molecule has 6 nitrogen and oxygen atoms in total. The number of benzene rings is 2. The monoisotopic (exact) mass is 438 g/mol. The number of ether oxygens (including phenoxy) is 1. The minimum Gasteiger partial charge on any atom is -0.496 e. The van der Waals surface area contributed by atoms with Gasteiger partial charge in [-0.2, -0.15) is 13.2 Å². The second-order valence-corrected chi connectivity index (χ2v) is 7.63. The first-order valence-electron chi connectivity index (χ1n) is 8.80. The van der Waals surface area contributed by atoms with Gasteiger partial charge in [0.2, 0.25) is 5.91 Å². The lowest BCUT2D eigenvalue weighted by molar-refractivity contribution is -0.138. The quantitative estimate of drug-likeness (QED) is 0.721. The van der Waals surface area contributed by atoms with Gasteiger partial charge in [-0.1, -0.05) is 30.0 Å². The fourth-order valence-corrected chi connectivity index (χ4v) is 3.88. The van der Waals surface area contributed by atoms with E-state index in [9.17, 15) is 27.6 Å². The van der Waals surface area contributed by atoms with Crippen molar-refractivity contribution in [1.29, 1.82) is 0 Å². The average Bonchev–Trinajstić information content (AvgIpc) is 3.02. The van der Waals surface area contributed by atoms with Crippen LogP contribution in [-0.4, -0.2) is 29.4 Å². The summed E-state index contributed by atoms with van der Waals surface area (Å²) in [6, 6.07) is 10.5. The largest absolute Gasteiger partial charge is 0.496 e. The van der Waals surface area contributed by atoms with Gasteiger partial charge >= 0.3 is 6.18 Å². The van der Waals surface area contributed by atoms with Crippen molar-refractivity contribution in [3.8, 4) is 5.75 Å². The summed E-state index contributed by atoms with van der Waals surface area (Å²) in [5, 5.41) is 3.15. The van der Waals surface area contributed by atoms with Gasteiger partial charge in [-0.15, -0.1) is 0 Å². The molecule has 0 spiro atoms. The molecule has 0 aliphatic carbocycles. The van der Waals surface area contributed by atoms with Crippen molar-refractivity contribution >= 4 is 28.8 Å². The molecule has 3 amide bonds. The van der Waals surface area contributed by atoms with Crippen LogP contribution in [0.15, 0.2) is 42.5 Å². The molecule has 30 heavy (non-hydrogen) atoms.